The van der Waals surface area contributed by atoms with Crippen molar-refractivity contribution in [2.45, 2.75) is 53.1 Å². The first kappa shape index (κ1) is 22.2. The van der Waals surface area contributed by atoms with Crippen LogP contribution in [-0.2, 0) is 17.8 Å². The average molecular weight is 442 g/mol. The molecule has 0 unspecified atom stereocenters. The predicted octanol–water partition coefficient (Wildman–Crippen LogP) is 2.03. The molecular weight excluding hydrogens is 410 g/mol. The van der Waals surface area contributed by atoms with Gasteiger partial charge in [-0.05, 0) is 18.8 Å². The smallest absolute Gasteiger partial charge is 0.330 e. The molecule has 1 aliphatic heterocycles. The Morgan fingerprint density at radius 1 is 1.09 bits per heavy atom. The van der Waals surface area contributed by atoms with Crippen LogP contribution in [0.25, 0.3) is 22.6 Å². The molecule has 0 atom stereocenters. The van der Waals surface area contributed by atoms with Crippen molar-refractivity contribution in [2.24, 2.45) is 5.92 Å². The third-order valence-electron chi connectivity index (χ3n) is 5.74. The molecule has 4 heterocycles. The highest BCUT2D eigenvalue weighted by Gasteiger charge is 2.21. The second-order valence-electron chi connectivity index (χ2n) is 8.58. The summed E-state index contributed by atoms with van der Waals surface area (Å²) in [5, 5.41) is 0. The highest BCUT2D eigenvalue weighted by Crippen LogP contribution is 2.24. The van der Waals surface area contributed by atoms with Crippen LogP contribution in [0, 0.1) is 5.92 Å². The van der Waals surface area contributed by atoms with Crippen molar-refractivity contribution in [1.29, 1.82) is 0 Å². The normalized spacial score (nSPS) is 14.6. The Labute approximate surface area is 186 Å². The number of rotatable bonds is 8. The van der Waals surface area contributed by atoms with Gasteiger partial charge in [0.2, 0.25) is 5.95 Å². The summed E-state index contributed by atoms with van der Waals surface area (Å²) in [7, 11) is 0. The number of aromatic amines is 1. The van der Waals surface area contributed by atoms with Gasteiger partial charge in [-0.25, -0.2) is 19.7 Å². The minimum Gasteiger partial charge on any atom is -0.378 e. The van der Waals surface area contributed by atoms with Crippen LogP contribution in [0.1, 0.15) is 40.0 Å². The summed E-state index contributed by atoms with van der Waals surface area (Å²) in [5.41, 5.74) is 0.730. The van der Waals surface area contributed by atoms with Crippen LogP contribution in [0.3, 0.4) is 0 Å². The summed E-state index contributed by atoms with van der Waals surface area (Å²) in [6.45, 7) is 10.3. The highest BCUT2D eigenvalue weighted by atomic mass is 16.5. The predicted molar refractivity (Wildman–Crippen MR) is 123 cm³/mol. The molecule has 1 fully saturated rings. The Morgan fingerprint density at radius 2 is 1.81 bits per heavy atom. The zero-order valence-electron chi connectivity index (χ0n) is 19.0. The van der Waals surface area contributed by atoms with Gasteiger partial charge in [0.05, 0.1) is 18.8 Å². The lowest BCUT2D eigenvalue weighted by molar-refractivity contribution is 0.122. The summed E-state index contributed by atoms with van der Waals surface area (Å²) in [5.74, 6) is 1.71. The van der Waals surface area contributed by atoms with Crippen LogP contribution in [0.15, 0.2) is 22.0 Å². The maximum atomic E-state index is 12.8. The fourth-order valence-corrected chi connectivity index (χ4v) is 3.88. The molecule has 3 aromatic heterocycles. The number of hydrogen-bond donors (Lipinski definition) is 1. The van der Waals surface area contributed by atoms with E-state index in [0.29, 0.717) is 55.2 Å². The summed E-state index contributed by atoms with van der Waals surface area (Å²) in [4.78, 5) is 43.8. The molecule has 0 aromatic carbocycles. The van der Waals surface area contributed by atoms with Crippen molar-refractivity contribution in [2.75, 3.05) is 31.2 Å². The quantitative estimate of drug-likeness (QED) is 0.569. The van der Waals surface area contributed by atoms with Gasteiger partial charge in [-0.1, -0.05) is 27.2 Å². The summed E-state index contributed by atoms with van der Waals surface area (Å²) in [6.07, 6.45) is 6.12. The Kier molecular flexibility index (Phi) is 6.69. The molecule has 4 rings (SSSR count). The van der Waals surface area contributed by atoms with Gasteiger partial charge >= 0.3 is 5.69 Å². The lowest BCUT2D eigenvalue weighted by Crippen LogP contribution is -2.37. The average Bonchev–Trinajstić information content (AvgIpc) is 3.18. The van der Waals surface area contributed by atoms with Crippen molar-refractivity contribution in [3.63, 3.8) is 0 Å². The Balaban J connectivity index is 1.81. The fraction of sp³-hybridized carbons (Fsp3) is 0.591. The maximum Gasteiger partial charge on any atom is 0.330 e. The van der Waals surface area contributed by atoms with Crippen LogP contribution in [0.2, 0.25) is 0 Å². The van der Waals surface area contributed by atoms with E-state index in [9.17, 15) is 9.59 Å². The third kappa shape index (κ3) is 4.45. The van der Waals surface area contributed by atoms with Crippen molar-refractivity contribution in [3.05, 3.63) is 33.2 Å². The van der Waals surface area contributed by atoms with Crippen LogP contribution in [0.4, 0.5) is 5.95 Å². The monoisotopic (exact) mass is 441 g/mol. The molecule has 0 bridgehead atoms. The number of morpholine rings is 1. The third-order valence-corrected chi connectivity index (χ3v) is 5.74. The van der Waals surface area contributed by atoms with Crippen LogP contribution in [0.5, 0.6) is 0 Å². The molecule has 3 aromatic rings. The first-order valence-electron chi connectivity index (χ1n) is 11.4. The number of fused-ring (bicyclic) bond motifs is 1. The van der Waals surface area contributed by atoms with Crippen LogP contribution < -0.4 is 16.1 Å². The largest absolute Gasteiger partial charge is 0.378 e. The summed E-state index contributed by atoms with van der Waals surface area (Å²) < 4.78 is 8.87. The maximum absolute atomic E-state index is 12.8. The zero-order chi connectivity index (χ0) is 22.7. The van der Waals surface area contributed by atoms with E-state index in [-0.39, 0.29) is 0 Å². The van der Waals surface area contributed by atoms with Gasteiger partial charge in [0, 0.05) is 38.6 Å². The number of aryl methyl sites for hydroxylation is 2. The molecule has 0 radical (unpaired) electrons. The molecule has 1 aliphatic rings. The van der Waals surface area contributed by atoms with Crippen LogP contribution >= 0.6 is 0 Å². The van der Waals surface area contributed by atoms with E-state index in [1.807, 2.05) is 4.57 Å². The number of nitrogens with one attached hydrogen (secondary N) is 1. The molecule has 0 amide bonds. The van der Waals surface area contributed by atoms with E-state index in [4.69, 9.17) is 9.72 Å². The number of ether oxygens (including phenoxy) is 1. The van der Waals surface area contributed by atoms with Gasteiger partial charge in [-0.3, -0.25) is 14.3 Å². The van der Waals surface area contributed by atoms with E-state index in [1.54, 1.807) is 17.0 Å². The lowest BCUT2D eigenvalue weighted by atomic mass is 10.1. The van der Waals surface area contributed by atoms with Crippen molar-refractivity contribution in [3.8, 4) is 11.4 Å². The standard InChI is InChI=1S/C22H31N7O3/c1-4-5-7-29-19-17(20(30)26-22(29)31)28(8-6-15(2)3)18(25-19)16-13-23-21(24-14-16)27-9-11-32-12-10-27/h13-15H,4-12H2,1-3H3,(H,26,30,31). The van der Waals surface area contributed by atoms with Crippen LogP contribution in [-0.4, -0.2) is 55.4 Å². The topological polar surface area (TPSA) is 111 Å². The first-order valence-corrected chi connectivity index (χ1v) is 11.4. The fourth-order valence-electron chi connectivity index (χ4n) is 3.88. The summed E-state index contributed by atoms with van der Waals surface area (Å²) >= 11 is 0. The Hall–Kier alpha value is -3.01. The van der Waals surface area contributed by atoms with Gasteiger partial charge < -0.3 is 14.2 Å². The molecular formula is C22H31N7O3. The number of imidazole rings is 1. The molecule has 172 valence electrons. The van der Waals surface area contributed by atoms with E-state index in [2.05, 4.69) is 40.6 Å². The second kappa shape index (κ2) is 9.64. The number of H-pyrrole nitrogens is 1. The van der Waals surface area contributed by atoms with E-state index >= 15 is 0 Å². The zero-order valence-corrected chi connectivity index (χ0v) is 19.0. The second-order valence-corrected chi connectivity index (χ2v) is 8.58. The molecule has 0 spiro atoms. The van der Waals surface area contributed by atoms with Crippen molar-refractivity contribution < 1.29 is 4.74 Å². The number of anilines is 1. The van der Waals surface area contributed by atoms with Gasteiger partial charge in [0.15, 0.2) is 11.2 Å². The van der Waals surface area contributed by atoms with Gasteiger partial charge in [0.1, 0.15) is 5.82 Å². The number of nitrogens with zero attached hydrogens (tertiary/aromatic N) is 6. The molecule has 1 saturated heterocycles. The molecule has 0 saturated carbocycles. The highest BCUT2D eigenvalue weighted by molar-refractivity contribution is 5.76. The first-order chi connectivity index (χ1) is 15.5. The van der Waals surface area contributed by atoms with Crippen molar-refractivity contribution >= 4 is 17.1 Å². The molecule has 32 heavy (non-hydrogen) atoms. The van der Waals surface area contributed by atoms with Gasteiger partial charge in [0.25, 0.3) is 5.56 Å². The Morgan fingerprint density at radius 3 is 2.47 bits per heavy atom. The SMILES string of the molecule is CCCCn1c(=O)[nH]c(=O)c2c1nc(-c1cnc(N3CCOCC3)nc1)n2CCC(C)C. The van der Waals surface area contributed by atoms with Gasteiger partial charge in [-0.15, -0.1) is 0 Å². The van der Waals surface area contributed by atoms with Gasteiger partial charge in [-0.2, -0.15) is 0 Å². The number of aromatic nitrogens is 6. The minimum absolute atomic E-state index is 0.411. The molecule has 10 heteroatoms. The van der Waals surface area contributed by atoms with E-state index in [0.717, 1.165) is 37.9 Å². The molecule has 10 nitrogen and oxygen atoms in total. The van der Waals surface area contributed by atoms with E-state index in [1.165, 1.54) is 0 Å². The Bertz CT molecular complexity index is 1170. The molecule has 0 aliphatic carbocycles. The number of unbranched alkanes of at least 4 members (excludes halogenated alkanes) is 1. The minimum atomic E-state index is -0.421. The lowest BCUT2D eigenvalue weighted by Gasteiger charge is -2.26. The molecule has 1 N–H and O–H groups in total. The van der Waals surface area contributed by atoms with Crippen molar-refractivity contribution in [1.82, 2.24) is 29.1 Å². The van der Waals surface area contributed by atoms with E-state index < -0.39 is 11.2 Å². The summed E-state index contributed by atoms with van der Waals surface area (Å²) in [6, 6.07) is 0. The number of hydrogen-bond acceptors (Lipinski definition) is 7.